The molecule has 0 aromatic heterocycles. The maximum absolute atomic E-state index is 13.2. The molecule has 0 unspecified atom stereocenters. The summed E-state index contributed by atoms with van der Waals surface area (Å²) < 4.78 is 38.7. The number of rotatable bonds is 6. The minimum atomic E-state index is -3.85. The SMILES string of the molecule is C=CCN(CC)S(=O)(=O)c1ccc(F)c(C(=O)O)c1. The number of carboxylic acids is 1. The molecule has 1 aromatic rings. The van der Waals surface area contributed by atoms with Crippen molar-refractivity contribution in [1.29, 1.82) is 0 Å². The van der Waals surface area contributed by atoms with E-state index in [1.165, 1.54) is 6.08 Å². The molecule has 0 saturated carbocycles. The molecule has 0 heterocycles. The molecule has 1 rings (SSSR count). The molecular weight excluding hydrogens is 273 g/mol. The van der Waals surface area contributed by atoms with E-state index in [0.717, 1.165) is 22.5 Å². The lowest BCUT2D eigenvalue weighted by Gasteiger charge is -2.18. The second kappa shape index (κ2) is 5.94. The van der Waals surface area contributed by atoms with Gasteiger partial charge in [-0.1, -0.05) is 13.0 Å². The van der Waals surface area contributed by atoms with Crippen LogP contribution in [0, 0.1) is 5.82 Å². The predicted molar refractivity (Wildman–Crippen MR) is 68.0 cm³/mol. The molecule has 0 aliphatic carbocycles. The topological polar surface area (TPSA) is 74.7 Å². The Morgan fingerprint density at radius 3 is 2.63 bits per heavy atom. The molecule has 0 amide bonds. The lowest BCUT2D eigenvalue weighted by Crippen LogP contribution is -2.31. The average Bonchev–Trinajstić information content (AvgIpc) is 2.35. The van der Waals surface area contributed by atoms with E-state index < -0.39 is 27.4 Å². The maximum Gasteiger partial charge on any atom is 0.338 e. The minimum absolute atomic E-state index is 0.0958. The smallest absolute Gasteiger partial charge is 0.338 e. The van der Waals surface area contributed by atoms with Crippen LogP contribution in [0.4, 0.5) is 4.39 Å². The molecule has 0 saturated heterocycles. The number of hydrogen-bond donors (Lipinski definition) is 1. The third-order valence-electron chi connectivity index (χ3n) is 2.49. The summed E-state index contributed by atoms with van der Waals surface area (Å²) in [6.07, 6.45) is 1.42. The fraction of sp³-hybridized carbons (Fsp3) is 0.250. The van der Waals surface area contributed by atoms with Crippen LogP contribution in [-0.2, 0) is 10.0 Å². The van der Waals surface area contributed by atoms with Crippen LogP contribution in [0.25, 0.3) is 0 Å². The van der Waals surface area contributed by atoms with Crippen LogP contribution in [0.3, 0.4) is 0 Å². The molecule has 0 atom stereocenters. The van der Waals surface area contributed by atoms with Crippen molar-refractivity contribution in [3.05, 3.63) is 42.2 Å². The second-order valence-electron chi connectivity index (χ2n) is 3.69. The molecule has 0 spiro atoms. The molecule has 0 radical (unpaired) electrons. The number of aromatic carboxylic acids is 1. The van der Waals surface area contributed by atoms with Gasteiger partial charge in [-0.25, -0.2) is 17.6 Å². The quantitative estimate of drug-likeness (QED) is 0.808. The van der Waals surface area contributed by atoms with Gasteiger partial charge in [0.1, 0.15) is 5.82 Å². The molecule has 0 aliphatic rings. The lowest BCUT2D eigenvalue weighted by atomic mass is 10.2. The Kier molecular flexibility index (Phi) is 4.79. The monoisotopic (exact) mass is 287 g/mol. The van der Waals surface area contributed by atoms with Gasteiger partial charge in [-0.2, -0.15) is 4.31 Å². The lowest BCUT2D eigenvalue weighted by molar-refractivity contribution is 0.0691. The first-order valence-corrected chi connectivity index (χ1v) is 6.92. The normalized spacial score (nSPS) is 11.5. The second-order valence-corrected chi connectivity index (χ2v) is 5.63. The van der Waals surface area contributed by atoms with E-state index in [0.29, 0.717) is 0 Å². The van der Waals surface area contributed by atoms with Gasteiger partial charge in [0, 0.05) is 13.1 Å². The highest BCUT2D eigenvalue weighted by Crippen LogP contribution is 2.19. The first-order valence-electron chi connectivity index (χ1n) is 5.48. The van der Waals surface area contributed by atoms with Gasteiger partial charge in [-0.15, -0.1) is 6.58 Å². The number of sulfonamides is 1. The van der Waals surface area contributed by atoms with Crippen molar-refractivity contribution < 1.29 is 22.7 Å². The summed E-state index contributed by atoms with van der Waals surface area (Å²) in [6, 6.07) is 2.69. The summed E-state index contributed by atoms with van der Waals surface area (Å²) in [7, 11) is -3.85. The molecule has 0 fully saturated rings. The van der Waals surface area contributed by atoms with Gasteiger partial charge in [-0.3, -0.25) is 0 Å². The fourth-order valence-electron chi connectivity index (χ4n) is 1.52. The van der Waals surface area contributed by atoms with Crippen LogP contribution < -0.4 is 0 Å². The van der Waals surface area contributed by atoms with Gasteiger partial charge in [0.2, 0.25) is 10.0 Å². The molecular formula is C12H14FNO4S. The van der Waals surface area contributed by atoms with E-state index in [9.17, 15) is 17.6 Å². The zero-order valence-electron chi connectivity index (χ0n) is 10.3. The van der Waals surface area contributed by atoms with E-state index in [-0.39, 0.29) is 18.0 Å². The van der Waals surface area contributed by atoms with Gasteiger partial charge < -0.3 is 5.11 Å². The van der Waals surface area contributed by atoms with E-state index in [1.54, 1.807) is 6.92 Å². The number of carboxylic acid groups (broad SMARTS) is 1. The number of nitrogens with zero attached hydrogens (tertiary/aromatic N) is 1. The van der Waals surface area contributed by atoms with Crippen molar-refractivity contribution in [2.45, 2.75) is 11.8 Å². The van der Waals surface area contributed by atoms with E-state index in [1.807, 2.05) is 0 Å². The third kappa shape index (κ3) is 3.18. The highest BCUT2D eigenvalue weighted by Gasteiger charge is 2.24. The van der Waals surface area contributed by atoms with Crippen LogP contribution in [0.5, 0.6) is 0 Å². The zero-order chi connectivity index (χ0) is 14.6. The summed E-state index contributed by atoms with van der Waals surface area (Å²) in [5.74, 6) is -2.49. The van der Waals surface area contributed by atoms with E-state index in [2.05, 4.69) is 6.58 Å². The van der Waals surface area contributed by atoms with Crippen molar-refractivity contribution in [2.75, 3.05) is 13.1 Å². The summed E-state index contributed by atoms with van der Waals surface area (Å²) >= 11 is 0. The van der Waals surface area contributed by atoms with Gasteiger partial charge in [0.15, 0.2) is 0 Å². The van der Waals surface area contributed by atoms with Crippen molar-refractivity contribution in [1.82, 2.24) is 4.31 Å². The Morgan fingerprint density at radius 2 is 2.16 bits per heavy atom. The Labute approximate surface area is 111 Å². The first-order chi connectivity index (χ1) is 8.84. The Morgan fingerprint density at radius 1 is 1.53 bits per heavy atom. The van der Waals surface area contributed by atoms with Crippen molar-refractivity contribution in [2.24, 2.45) is 0 Å². The summed E-state index contributed by atoms with van der Waals surface area (Å²) in [6.45, 7) is 5.40. The highest BCUT2D eigenvalue weighted by molar-refractivity contribution is 7.89. The molecule has 19 heavy (non-hydrogen) atoms. The standard InChI is InChI=1S/C12H14FNO4S/c1-3-7-14(4-2)19(17,18)9-5-6-11(13)10(8-9)12(15)16/h3,5-6,8H,1,4,7H2,2H3,(H,15,16). The highest BCUT2D eigenvalue weighted by atomic mass is 32.2. The van der Waals surface area contributed by atoms with Crippen LogP contribution in [-0.4, -0.2) is 36.9 Å². The predicted octanol–water partition coefficient (Wildman–Crippen LogP) is 1.72. The largest absolute Gasteiger partial charge is 0.478 e. The van der Waals surface area contributed by atoms with Crippen molar-refractivity contribution in [3.63, 3.8) is 0 Å². The van der Waals surface area contributed by atoms with Crippen molar-refractivity contribution >= 4 is 16.0 Å². The zero-order valence-corrected chi connectivity index (χ0v) is 11.2. The molecule has 0 aliphatic heterocycles. The average molecular weight is 287 g/mol. The first kappa shape index (κ1) is 15.3. The molecule has 1 aromatic carbocycles. The summed E-state index contributed by atoms with van der Waals surface area (Å²) in [4.78, 5) is 10.5. The molecule has 104 valence electrons. The number of likely N-dealkylation sites (N-methyl/N-ethyl adjacent to an activating group) is 1. The summed E-state index contributed by atoms with van der Waals surface area (Å²) in [5.41, 5.74) is -0.671. The Bertz CT molecular complexity index is 598. The van der Waals surface area contributed by atoms with Gasteiger partial charge in [-0.05, 0) is 18.2 Å². The van der Waals surface area contributed by atoms with Gasteiger partial charge in [0.05, 0.1) is 10.5 Å². The third-order valence-corrected chi connectivity index (χ3v) is 4.43. The van der Waals surface area contributed by atoms with E-state index in [4.69, 9.17) is 5.11 Å². The number of hydrogen-bond acceptors (Lipinski definition) is 3. The fourth-order valence-corrected chi connectivity index (χ4v) is 2.97. The van der Waals surface area contributed by atoms with Crippen LogP contribution in [0.2, 0.25) is 0 Å². The molecule has 7 heteroatoms. The van der Waals surface area contributed by atoms with Gasteiger partial charge in [0.25, 0.3) is 0 Å². The number of halogens is 1. The number of benzene rings is 1. The number of carbonyl (C=O) groups is 1. The van der Waals surface area contributed by atoms with Crippen LogP contribution >= 0.6 is 0 Å². The Hall–Kier alpha value is -1.73. The van der Waals surface area contributed by atoms with Crippen molar-refractivity contribution in [3.8, 4) is 0 Å². The molecule has 1 N–H and O–H groups in total. The Balaban J connectivity index is 3.32. The molecule has 5 nitrogen and oxygen atoms in total. The maximum atomic E-state index is 13.2. The summed E-state index contributed by atoms with van der Waals surface area (Å²) in [5, 5.41) is 8.79. The minimum Gasteiger partial charge on any atom is -0.478 e. The van der Waals surface area contributed by atoms with Crippen LogP contribution in [0.1, 0.15) is 17.3 Å². The van der Waals surface area contributed by atoms with Gasteiger partial charge >= 0.3 is 5.97 Å². The van der Waals surface area contributed by atoms with E-state index >= 15 is 0 Å². The van der Waals surface area contributed by atoms with Crippen LogP contribution in [0.15, 0.2) is 35.7 Å². The molecule has 0 bridgehead atoms.